The Morgan fingerprint density at radius 2 is 1.75 bits per heavy atom. The normalized spacial score (nSPS) is 17.6. The van der Waals surface area contributed by atoms with Gasteiger partial charge < -0.3 is 24.7 Å². The molecule has 4 aromatic rings. The molecule has 2 N–H and O–H groups in total. The fraction of sp³-hybridized carbons (Fsp3) is 0.192. The number of pyridine rings is 1. The molecular weight excluding hydrogens is 458 g/mol. The third-order valence-corrected chi connectivity index (χ3v) is 6.06. The average Bonchev–Trinajstić information content (AvgIpc) is 3.35. The number of nitrogens with zero attached hydrogens (tertiary/aromatic N) is 5. The fourth-order valence-electron chi connectivity index (χ4n) is 4.32. The van der Waals surface area contributed by atoms with Crippen LogP contribution in [0.25, 0.3) is 11.5 Å². The number of anilines is 3. The lowest BCUT2D eigenvalue weighted by Gasteiger charge is -2.29. The van der Waals surface area contributed by atoms with E-state index >= 15 is 0 Å². The largest absolute Gasteiger partial charge is 0.403 e. The number of ether oxygens (including phenoxy) is 1. The van der Waals surface area contributed by atoms with Crippen LogP contribution < -0.4 is 15.5 Å². The van der Waals surface area contributed by atoms with Crippen molar-refractivity contribution in [2.75, 3.05) is 41.8 Å². The first-order valence-electron chi connectivity index (χ1n) is 11.7. The van der Waals surface area contributed by atoms with Gasteiger partial charge in [-0.25, -0.2) is 4.99 Å². The van der Waals surface area contributed by atoms with Crippen LogP contribution in [0.5, 0.6) is 0 Å². The Morgan fingerprint density at radius 1 is 0.944 bits per heavy atom. The summed E-state index contributed by atoms with van der Waals surface area (Å²) in [4.78, 5) is 24.3. The number of para-hydroxylation sites is 1. The molecule has 2 aliphatic rings. The Kier molecular flexibility index (Phi) is 5.84. The highest BCUT2D eigenvalue weighted by atomic mass is 16.5. The number of fused-ring (bicyclic) bond motifs is 1. The minimum Gasteiger partial charge on any atom is -0.403 e. The van der Waals surface area contributed by atoms with Crippen LogP contribution in [0.2, 0.25) is 0 Å². The number of aliphatic imine (C=N–C) groups is 1. The molecule has 10 nitrogen and oxygen atoms in total. The first kappa shape index (κ1) is 21.9. The molecule has 1 saturated heterocycles. The van der Waals surface area contributed by atoms with E-state index in [-0.39, 0.29) is 11.9 Å². The third kappa shape index (κ3) is 4.29. The molecule has 10 heteroatoms. The van der Waals surface area contributed by atoms with Gasteiger partial charge in [-0.15, -0.1) is 5.10 Å². The van der Waals surface area contributed by atoms with E-state index < -0.39 is 6.17 Å². The van der Waals surface area contributed by atoms with E-state index in [1.807, 2.05) is 60.7 Å². The Labute approximate surface area is 207 Å². The lowest BCUT2D eigenvalue weighted by molar-refractivity contribution is -0.116. The van der Waals surface area contributed by atoms with Crippen LogP contribution in [0, 0.1) is 0 Å². The molecular formula is C26H23N7O3. The maximum atomic E-state index is 13.1. The summed E-state index contributed by atoms with van der Waals surface area (Å²) >= 11 is 0. The summed E-state index contributed by atoms with van der Waals surface area (Å²) < 4.78 is 11.4. The van der Waals surface area contributed by atoms with Crippen molar-refractivity contribution < 1.29 is 13.9 Å². The van der Waals surface area contributed by atoms with Crippen LogP contribution in [0.3, 0.4) is 0 Å². The van der Waals surface area contributed by atoms with Gasteiger partial charge in [-0.3, -0.25) is 9.78 Å². The van der Waals surface area contributed by atoms with Gasteiger partial charge in [0.2, 0.25) is 6.17 Å². The minimum absolute atomic E-state index is 0.0871. The maximum Gasteiger partial charge on any atom is 0.317 e. The number of carbonyl (C=O) groups excluding carboxylic acids is 1. The fourth-order valence-corrected chi connectivity index (χ4v) is 4.32. The summed E-state index contributed by atoms with van der Waals surface area (Å²) in [5, 5.41) is 14.3. The Balaban J connectivity index is 1.32. The summed E-state index contributed by atoms with van der Waals surface area (Å²) in [7, 11) is 0. The molecule has 36 heavy (non-hydrogen) atoms. The van der Waals surface area contributed by atoms with Crippen molar-refractivity contribution >= 4 is 29.0 Å². The van der Waals surface area contributed by atoms with Crippen molar-refractivity contribution in [1.29, 1.82) is 0 Å². The molecule has 0 saturated carbocycles. The molecule has 2 aromatic carbocycles. The molecule has 0 bridgehead atoms. The zero-order chi connectivity index (χ0) is 24.3. The van der Waals surface area contributed by atoms with Crippen LogP contribution in [-0.4, -0.2) is 59.3 Å². The Hall–Kier alpha value is -4.57. The standard InChI is InChI=1S/C26H23N7O3/c34-24-23(29-22(17-6-2-1-3-7-17)18-8-4-5-9-20(18)28-24)30-26-32-31-25(36-26)19-16-27-11-10-21(19)33-12-14-35-15-13-33/h1-11,16,23H,12-15H2,(H,28,34)(H,30,32)/t23-/m1/s1. The SMILES string of the molecule is O=C1Nc2ccccc2C(c2ccccc2)=N[C@@H]1Nc1nnc(-c2cnccc2N2CCOCC2)o1. The van der Waals surface area contributed by atoms with Gasteiger partial charge in [-0.1, -0.05) is 53.6 Å². The van der Waals surface area contributed by atoms with Crippen molar-refractivity contribution in [2.45, 2.75) is 6.17 Å². The number of morpholine rings is 1. The smallest absolute Gasteiger partial charge is 0.317 e. The molecule has 0 spiro atoms. The van der Waals surface area contributed by atoms with Gasteiger partial charge in [0.05, 0.1) is 35.9 Å². The zero-order valence-corrected chi connectivity index (χ0v) is 19.3. The lowest BCUT2D eigenvalue weighted by atomic mass is 10.0. The Bertz CT molecular complexity index is 1410. The predicted octanol–water partition coefficient (Wildman–Crippen LogP) is 3.20. The second kappa shape index (κ2) is 9.59. The van der Waals surface area contributed by atoms with Gasteiger partial charge in [0.1, 0.15) is 0 Å². The van der Waals surface area contributed by atoms with Gasteiger partial charge in [0.15, 0.2) is 0 Å². The Morgan fingerprint density at radius 3 is 2.61 bits per heavy atom. The van der Waals surface area contributed by atoms with Crippen LogP contribution in [0.4, 0.5) is 17.4 Å². The number of aromatic nitrogens is 3. The summed E-state index contributed by atoms with van der Waals surface area (Å²) in [5.41, 5.74) is 4.75. The van der Waals surface area contributed by atoms with Gasteiger partial charge in [0.25, 0.3) is 11.8 Å². The molecule has 1 fully saturated rings. The van der Waals surface area contributed by atoms with Crippen molar-refractivity contribution in [2.24, 2.45) is 4.99 Å². The molecule has 2 aromatic heterocycles. The molecule has 4 heterocycles. The molecule has 180 valence electrons. The topological polar surface area (TPSA) is 118 Å². The van der Waals surface area contributed by atoms with Gasteiger partial charge in [-0.2, -0.15) is 0 Å². The van der Waals surface area contributed by atoms with E-state index in [0.717, 1.165) is 29.9 Å². The number of benzodiazepines with no additional fused rings is 1. The average molecular weight is 482 g/mol. The van der Waals surface area contributed by atoms with E-state index in [1.165, 1.54) is 0 Å². The molecule has 0 unspecified atom stereocenters. The van der Waals surface area contributed by atoms with E-state index in [1.54, 1.807) is 12.4 Å². The van der Waals surface area contributed by atoms with E-state index in [4.69, 9.17) is 14.1 Å². The van der Waals surface area contributed by atoms with Crippen molar-refractivity contribution in [1.82, 2.24) is 15.2 Å². The molecule has 1 amide bonds. The third-order valence-electron chi connectivity index (χ3n) is 6.06. The quantitative estimate of drug-likeness (QED) is 0.446. The second-order valence-electron chi connectivity index (χ2n) is 8.33. The highest BCUT2D eigenvalue weighted by Crippen LogP contribution is 2.31. The number of carbonyl (C=O) groups is 1. The molecule has 0 radical (unpaired) electrons. The maximum absolute atomic E-state index is 13.1. The van der Waals surface area contributed by atoms with Gasteiger partial charge >= 0.3 is 6.01 Å². The first-order valence-corrected chi connectivity index (χ1v) is 11.7. The summed E-state index contributed by atoms with van der Waals surface area (Å²) in [6, 6.07) is 19.3. The minimum atomic E-state index is -0.978. The van der Waals surface area contributed by atoms with Gasteiger partial charge in [-0.05, 0) is 12.1 Å². The zero-order valence-electron chi connectivity index (χ0n) is 19.3. The van der Waals surface area contributed by atoms with E-state index in [2.05, 4.69) is 30.7 Å². The summed E-state index contributed by atoms with van der Waals surface area (Å²) in [5.74, 6) is -0.0276. The van der Waals surface area contributed by atoms with Crippen molar-refractivity contribution in [3.63, 3.8) is 0 Å². The van der Waals surface area contributed by atoms with E-state index in [9.17, 15) is 4.79 Å². The second-order valence-corrected chi connectivity index (χ2v) is 8.33. The number of hydrogen-bond acceptors (Lipinski definition) is 9. The molecule has 0 aliphatic carbocycles. The van der Waals surface area contributed by atoms with Crippen LogP contribution in [0.15, 0.2) is 82.5 Å². The predicted molar refractivity (Wildman–Crippen MR) is 135 cm³/mol. The highest BCUT2D eigenvalue weighted by molar-refractivity contribution is 6.19. The van der Waals surface area contributed by atoms with Crippen molar-refractivity contribution in [3.05, 3.63) is 84.2 Å². The van der Waals surface area contributed by atoms with Crippen LogP contribution in [0.1, 0.15) is 11.1 Å². The summed E-state index contributed by atoms with van der Waals surface area (Å²) in [6.45, 7) is 2.82. The number of rotatable bonds is 5. The summed E-state index contributed by atoms with van der Waals surface area (Å²) in [6.07, 6.45) is 2.45. The highest BCUT2D eigenvalue weighted by Gasteiger charge is 2.27. The van der Waals surface area contributed by atoms with Crippen LogP contribution >= 0.6 is 0 Å². The number of hydrogen-bond donors (Lipinski definition) is 2. The molecule has 1 atom stereocenters. The van der Waals surface area contributed by atoms with E-state index in [0.29, 0.717) is 36.1 Å². The van der Waals surface area contributed by atoms with Crippen LogP contribution in [-0.2, 0) is 9.53 Å². The van der Waals surface area contributed by atoms with Gasteiger partial charge in [0, 0.05) is 36.6 Å². The van der Waals surface area contributed by atoms with Crippen molar-refractivity contribution in [3.8, 4) is 11.5 Å². The number of benzene rings is 2. The first-order chi connectivity index (χ1) is 17.8. The number of amides is 1. The molecule has 6 rings (SSSR count). The molecule has 2 aliphatic heterocycles. The number of nitrogens with one attached hydrogen (secondary N) is 2. The monoisotopic (exact) mass is 481 g/mol. The lowest BCUT2D eigenvalue weighted by Crippen LogP contribution is -2.36.